The average Bonchev–Trinajstić information content (AvgIpc) is 3.05. The van der Waals surface area contributed by atoms with Crippen molar-refractivity contribution in [3.8, 4) is 0 Å². The number of nitrogens with zero attached hydrogens (tertiary/aromatic N) is 1. The van der Waals surface area contributed by atoms with Gasteiger partial charge in [-0.25, -0.2) is 4.99 Å². The summed E-state index contributed by atoms with van der Waals surface area (Å²) in [6.07, 6.45) is 7.25. The highest BCUT2D eigenvalue weighted by Gasteiger charge is 2.53. The van der Waals surface area contributed by atoms with E-state index in [-0.39, 0.29) is 11.6 Å². The first-order valence-corrected chi connectivity index (χ1v) is 8.22. The number of hydrogen-bond donors (Lipinski definition) is 0. The SMILES string of the molecule is CC1(C)COC([C@@H]2OC2=C2C3CC4CC(C3)CC2C4)=N1. The number of rotatable bonds is 1. The molecule has 108 valence electrons. The summed E-state index contributed by atoms with van der Waals surface area (Å²) in [6, 6.07) is 0. The van der Waals surface area contributed by atoms with Crippen LogP contribution in [0.25, 0.3) is 0 Å². The second kappa shape index (κ2) is 3.61. The Morgan fingerprint density at radius 1 is 1.00 bits per heavy atom. The predicted molar refractivity (Wildman–Crippen MR) is 76.4 cm³/mol. The molecule has 5 fully saturated rings. The molecule has 2 heterocycles. The summed E-state index contributed by atoms with van der Waals surface area (Å²) in [5.74, 6) is 5.75. The van der Waals surface area contributed by atoms with Gasteiger partial charge in [-0.1, -0.05) is 0 Å². The molecular weight excluding hydrogens is 250 g/mol. The van der Waals surface area contributed by atoms with Crippen molar-refractivity contribution in [2.75, 3.05) is 6.61 Å². The lowest BCUT2D eigenvalue weighted by atomic mass is 9.54. The molecule has 4 aliphatic carbocycles. The topological polar surface area (TPSA) is 34.1 Å². The Labute approximate surface area is 120 Å². The van der Waals surface area contributed by atoms with Gasteiger partial charge in [0.2, 0.25) is 12.0 Å². The fourth-order valence-electron chi connectivity index (χ4n) is 5.32. The highest BCUT2D eigenvalue weighted by molar-refractivity contribution is 5.88. The molecule has 2 aliphatic heterocycles. The lowest BCUT2D eigenvalue weighted by Gasteiger charge is -2.50. The molecule has 0 unspecified atom stereocenters. The van der Waals surface area contributed by atoms with Gasteiger partial charge in [0, 0.05) is 0 Å². The summed E-state index contributed by atoms with van der Waals surface area (Å²) in [4.78, 5) is 4.68. The smallest absolute Gasteiger partial charge is 0.234 e. The number of ether oxygens (including phenoxy) is 2. The Balaban J connectivity index is 1.44. The van der Waals surface area contributed by atoms with Crippen LogP contribution in [-0.2, 0) is 9.47 Å². The van der Waals surface area contributed by atoms with E-state index in [1.165, 1.54) is 37.9 Å². The van der Waals surface area contributed by atoms with Crippen LogP contribution in [0.15, 0.2) is 16.3 Å². The molecule has 6 aliphatic rings. The first-order valence-electron chi connectivity index (χ1n) is 8.22. The van der Waals surface area contributed by atoms with E-state index in [1.54, 1.807) is 5.57 Å². The standard InChI is InChI=1S/C17H23NO2/c1-17(2)8-19-16(18-17)15-14(20-15)13-11-4-9-3-10(6-11)7-12(13)5-9/h9-12,15H,3-8H2,1-2H3/t9?,10?,11?,12?,15-/m1/s1. The maximum Gasteiger partial charge on any atom is 0.234 e. The minimum absolute atomic E-state index is 0.0683. The zero-order chi connectivity index (χ0) is 13.5. The zero-order valence-corrected chi connectivity index (χ0v) is 12.4. The van der Waals surface area contributed by atoms with Crippen molar-refractivity contribution in [1.82, 2.24) is 0 Å². The third kappa shape index (κ3) is 1.61. The van der Waals surface area contributed by atoms with Gasteiger partial charge < -0.3 is 9.47 Å². The highest BCUT2D eigenvalue weighted by atomic mass is 16.6. The van der Waals surface area contributed by atoms with E-state index in [4.69, 9.17) is 9.47 Å². The van der Waals surface area contributed by atoms with Gasteiger partial charge in [-0.05, 0) is 75.2 Å². The fraction of sp³-hybridized carbons (Fsp3) is 0.824. The lowest BCUT2D eigenvalue weighted by Crippen LogP contribution is -2.40. The monoisotopic (exact) mass is 273 g/mol. The minimum Gasteiger partial charge on any atom is -0.475 e. The summed E-state index contributed by atoms with van der Waals surface area (Å²) in [5.41, 5.74) is 1.60. The maximum absolute atomic E-state index is 5.94. The zero-order valence-electron chi connectivity index (χ0n) is 12.4. The summed E-state index contributed by atoms with van der Waals surface area (Å²) in [7, 11) is 0. The van der Waals surface area contributed by atoms with Crippen LogP contribution in [-0.4, -0.2) is 24.1 Å². The van der Waals surface area contributed by atoms with Gasteiger partial charge in [0.05, 0.1) is 5.54 Å². The summed E-state index contributed by atoms with van der Waals surface area (Å²) < 4.78 is 11.7. The molecule has 6 rings (SSSR count). The molecule has 0 aromatic carbocycles. The van der Waals surface area contributed by atoms with Crippen molar-refractivity contribution in [1.29, 1.82) is 0 Å². The van der Waals surface area contributed by atoms with Crippen molar-refractivity contribution in [3.63, 3.8) is 0 Å². The molecular formula is C17H23NO2. The third-order valence-electron chi connectivity index (χ3n) is 5.94. The Kier molecular flexibility index (Phi) is 2.10. The van der Waals surface area contributed by atoms with Crippen molar-refractivity contribution in [3.05, 3.63) is 11.3 Å². The molecule has 0 amide bonds. The van der Waals surface area contributed by atoms with Crippen LogP contribution in [0.3, 0.4) is 0 Å². The van der Waals surface area contributed by atoms with E-state index < -0.39 is 0 Å². The van der Waals surface area contributed by atoms with Gasteiger partial charge >= 0.3 is 0 Å². The van der Waals surface area contributed by atoms with Crippen molar-refractivity contribution in [2.24, 2.45) is 28.7 Å². The number of epoxide rings is 1. The van der Waals surface area contributed by atoms with Crippen LogP contribution in [0.1, 0.15) is 46.0 Å². The molecule has 1 saturated heterocycles. The van der Waals surface area contributed by atoms with E-state index in [1.807, 2.05) is 0 Å². The number of aliphatic imine (C=N–C) groups is 1. The third-order valence-corrected chi connectivity index (χ3v) is 5.94. The maximum atomic E-state index is 5.94. The molecule has 0 radical (unpaired) electrons. The molecule has 3 nitrogen and oxygen atoms in total. The predicted octanol–water partition coefficient (Wildman–Crippen LogP) is 3.30. The molecule has 4 saturated carbocycles. The summed E-state index contributed by atoms with van der Waals surface area (Å²) in [6.45, 7) is 4.94. The largest absolute Gasteiger partial charge is 0.475 e. The van der Waals surface area contributed by atoms with Crippen LogP contribution in [0.4, 0.5) is 0 Å². The summed E-state index contributed by atoms with van der Waals surface area (Å²) in [5, 5.41) is 0. The Hall–Kier alpha value is -0.990. The molecule has 0 aromatic heterocycles. The Morgan fingerprint density at radius 2 is 1.65 bits per heavy atom. The molecule has 4 bridgehead atoms. The van der Waals surface area contributed by atoms with Crippen LogP contribution in [0, 0.1) is 23.7 Å². The summed E-state index contributed by atoms with van der Waals surface area (Å²) >= 11 is 0. The number of allylic oxidation sites excluding steroid dienone is 1. The average molecular weight is 273 g/mol. The highest BCUT2D eigenvalue weighted by Crippen LogP contribution is 2.59. The van der Waals surface area contributed by atoms with E-state index in [0.717, 1.165) is 29.6 Å². The van der Waals surface area contributed by atoms with Crippen LogP contribution >= 0.6 is 0 Å². The van der Waals surface area contributed by atoms with Gasteiger partial charge in [-0.2, -0.15) is 0 Å². The van der Waals surface area contributed by atoms with Crippen molar-refractivity contribution < 1.29 is 9.47 Å². The molecule has 20 heavy (non-hydrogen) atoms. The quantitative estimate of drug-likeness (QED) is 0.687. The van der Waals surface area contributed by atoms with Gasteiger partial charge in [0.1, 0.15) is 12.4 Å². The van der Waals surface area contributed by atoms with E-state index >= 15 is 0 Å². The molecule has 0 aromatic rings. The van der Waals surface area contributed by atoms with Gasteiger partial charge in [0.15, 0.2) is 0 Å². The van der Waals surface area contributed by atoms with E-state index in [2.05, 4.69) is 18.8 Å². The first-order chi connectivity index (χ1) is 9.59. The molecule has 1 atom stereocenters. The van der Waals surface area contributed by atoms with Crippen LogP contribution in [0.5, 0.6) is 0 Å². The lowest BCUT2D eigenvalue weighted by molar-refractivity contribution is 0.0679. The molecule has 0 spiro atoms. The minimum atomic E-state index is -0.0683. The second-order valence-electron chi connectivity index (χ2n) is 8.17. The second-order valence-corrected chi connectivity index (χ2v) is 8.17. The van der Waals surface area contributed by atoms with E-state index in [9.17, 15) is 0 Å². The fourth-order valence-corrected chi connectivity index (χ4v) is 5.32. The van der Waals surface area contributed by atoms with Crippen LogP contribution < -0.4 is 0 Å². The van der Waals surface area contributed by atoms with Crippen LogP contribution in [0.2, 0.25) is 0 Å². The first kappa shape index (κ1) is 11.6. The van der Waals surface area contributed by atoms with Gasteiger partial charge in [-0.15, -0.1) is 0 Å². The number of hydrogen-bond acceptors (Lipinski definition) is 3. The van der Waals surface area contributed by atoms with Crippen molar-refractivity contribution >= 4 is 5.90 Å². The Morgan fingerprint density at radius 3 is 2.20 bits per heavy atom. The normalized spacial score (nSPS) is 47.1. The molecule has 3 heteroatoms. The van der Waals surface area contributed by atoms with Gasteiger partial charge in [-0.3, -0.25) is 0 Å². The van der Waals surface area contributed by atoms with Gasteiger partial charge in [0.25, 0.3) is 0 Å². The Bertz CT molecular complexity index is 501. The van der Waals surface area contributed by atoms with Crippen molar-refractivity contribution in [2.45, 2.75) is 57.6 Å². The van der Waals surface area contributed by atoms with E-state index in [0.29, 0.717) is 6.61 Å². The molecule has 0 N–H and O–H groups in total.